The summed E-state index contributed by atoms with van der Waals surface area (Å²) in [6.07, 6.45) is -4.68. The molecule has 0 aliphatic heterocycles. The summed E-state index contributed by atoms with van der Waals surface area (Å²) in [4.78, 5) is 11.5. The highest BCUT2D eigenvalue weighted by molar-refractivity contribution is 9.10. The number of hydrogen-bond acceptors (Lipinski definition) is 6. The largest absolute Gasteiger partial charge is 0.452 e. The molecule has 2 aromatic rings. The molecule has 0 aromatic carbocycles. The predicted molar refractivity (Wildman–Crippen MR) is 67.8 cm³/mol. The van der Waals surface area contributed by atoms with Crippen LogP contribution >= 0.6 is 15.9 Å². The van der Waals surface area contributed by atoms with Gasteiger partial charge in [0.05, 0.1) is 6.54 Å². The molecule has 10 heteroatoms. The molecule has 0 saturated heterocycles. The average Bonchev–Trinajstić information content (AvgIpc) is 2.72. The van der Waals surface area contributed by atoms with E-state index in [-0.39, 0.29) is 12.5 Å². The molecule has 0 saturated carbocycles. The lowest BCUT2D eigenvalue weighted by Gasteiger charge is -2.16. The van der Waals surface area contributed by atoms with Gasteiger partial charge in [-0.15, -0.1) is 0 Å². The van der Waals surface area contributed by atoms with Crippen LogP contribution in [-0.2, 0) is 12.7 Å². The zero-order valence-corrected chi connectivity index (χ0v) is 11.7. The van der Waals surface area contributed by atoms with Crippen LogP contribution in [0.1, 0.15) is 11.6 Å². The molecule has 2 heterocycles. The van der Waals surface area contributed by atoms with Gasteiger partial charge in [0.2, 0.25) is 17.7 Å². The average molecular weight is 352 g/mol. The number of nitrogens with zero attached hydrogens (tertiary/aromatic N) is 4. The first-order valence-corrected chi connectivity index (χ1v) is 6.09. The Morgan fingerprint density at radius 1 is 1.30 bits per heavy atom. The number of alkyl halides is 3. The lowest BCUT2D eigenvalue weighted by atomic mass is 10.4. The smallest absolute Gasteiger partial charge is 0.451 e. The number of nitrogen functional groups attached to an aromatic ring is 1. The fraction of sp³-hybridized carbons (Fsp3) is 0.300. The van der Waals surface area contributed by atoms with Crippen LogP contribution in [0.5, 0.6) is 0 Å². The minimum Gasteiger partial charge on any atom is -0.452 e. The van der Waals surface area contributed by atoms with Gasteiger partial charge in [-0.25, -0.2) is 0 Å². The van der Waals surface area contributed by atoms with E-state index in [1.54, 1.807) is 12.1 Å². The molecule has 0 spiro atoms. The normalized spacial score (nSPS) is 11.7. The quantitative estimate of drug-likeness (QED) is 0.914. The molecule has 0 atom stereocenters. The van der Waals surface area contributed by atoms with Crippen molar-refractivity contribution < 1.29 is 17.6 Å². The number of rotatable bonds is 3. The molecule has 0 aliphatic carbocycles. The van der Waals surface area contributed by atoms with Gasteiger partial charge in [0, 0.05) is 7.05 Å². The minimum atomic E-state index is -4.68. The molecule has 2 aromatic heterocycles. The van der Waals surface area contributed by atoms with Gasteiger partial charge in [-0.3, -0.25) is 0 Å². The topological polar surface area (TPSA) is 81.1 Å². The van der Waals surface area contributed by atoms with E-state index in [2.05, 4.69) is 30.9 Å². The molecular formula is C10H9BrF3N5O. The monoisotopic (exact) mass is 351 g/mol. The Balaban J connectivity index is 2.25. The number of anilines is 2. The molecule has 6 nitrogen and oxygen atoms in total. The summed E-state index contributed by atoms with van der Waals surface area (Å²) in [6, 6.07) is 3.35. The fourth-order valence-electron chi connectivity index (χ4n) is 1.42. The van der Waals surface area contributed by atoms with Crippen molar-refractivity contribution in [3.8, 4) is 0 Å². The van der Waals surface area contributed by atoms with Crippen molar-refractivity contribution in [2.45, 2.75) is 12.7 Å². The molecule has 0 fully saturated rings. The SMILES string of the molecule is CN(Cc1ccc(Br)o1)c1nc(N)nc(C(F)(F)F)n1. The number of halogens is 4. The van der Waals surface area contributed by atoms with Crippen LogP contribution in [0.15, 0.2) is 21.2 Å². The van der Waals surface area contributed by atoms with Gasteiger partial charge in [-0.1, -0.05) is 0 Å². The van der Waals surface area contributed by atoms with Crippen molar-refractivity contribution in [2.24, 2.45) is 0 Å². The Morgan fingerprint density at radius 3 is 2.55 bits per heavy atom. The van der Waals surface area contributed by atoms with Crippen molar-refractivity contribution in [1.82, 2.24) is 15.0 Å². The zero-order chi connectivity index (χ0) is 14.9. The van der Waals surface area contributed by atoms with Crippen LogP contribution in [0.4, 0.5) is 25.1 Å². The maximum Gasteiger partial charge on any atom is 0.451 e. The maximum absolute atomic E-state index is 12.6. The molecule has 0 unspecified atom stereocenters. The van der Waals surface area contributed by atoms with Crippen LogP contribution in [0.2, 0.25) is 0 Å². The lowest BCUT2D eigenvalue weighted by molar-refractivity contribution is -0.144. The third-order valence-electron chi connectivity index (χ3n) is 2.26. The van der Waals surface area contributed by atoms with Crippen molar-refractivity contribution >= 4 is 27.8 Å². The highest BCUT2D eigenvalue weighted by atomic mass is 79.9. The Kier molecular flexibility index (Phi) is 3.84. The highest BCUT2D eigenvalue weighted by Gasteiger charge is 2.36. The number of nitrogens with two attached hydrogens (primary N) is 1. The Labute approximate surface area is 120 Å². The zero-order valence-electron chi connectivity index (χ0n) is 10.1. The second-order valence-corrected chi connectivity index (χ2v) is 4.66. The summed E-state index contributed by atoms with van der Waals surface area (Å²) >= 11 is 3.13. The second-order valence-electron chi connectivity index (χ2n) is 3.88. The molecular weight excluding hydrogens is 343 g/mol. The first-order valence-electron chi connectivity index (χ1n) is 5.30. The van der Waals surface area contributed by atoms with Gasteiger partial charge in [0.25, 0.3) is 0 Å². The first kappa shape index (κ1) is 14.6. The summed E-state index contributed by atoms with van der Waals surface area (Å²) in [7, 11) is 1.52. The van der Waals surface area contributed by atoms with E-state index in [1.807, 2.05) is 0 Å². The van der Waals surface area contributed by atoms with E-state index >= 15 is 0 Å². The summed E-state index contributed by atoms with van der Waals surface area (Å²) < 4.78 is 43.5. The van der Waals surface area contributed by atoms with E-state index in [1.165, 1.54) is 11.9 Å². The van der Waals surface area contributed by atoms with Gasteiger partial charge in [0.1, 0.15) is 5.76 Å². The Hall–Kier alpha value is -1.84. The molecule has 20 heavy (non-hydrogen) atoms. The molecule has 0 amide bonds. The van der Waals surface area contributed by atoms with Crippen LogP contribution in [-0.4, -0.2) is 22.0 Å². The summed E-state index contributed by atoms with van der Waals surface area (Å²) in [5, 5.41) is 0. The van der Waals surface area contributed by atoms with Gasteiger partial charge >= 0.3 is 6.18 Å². The molecule has 0 bridgehead atoms. The lowest BCUT2D eigenvalue weighted by Crippen LogP contribution is -2.23. The van der Waals surface area contributed by atoms with Crippen LogP contribution in [0.25, 0.3) is 0 Å². The van der Waals surface area contributed by atoms with Crippen LogP contribution in [0, 0.1) is 0 Å². The van der Waals surface area contributed by atoms with Crippen molar-refractivity contribution in [3.63, 3.8) is 0 Å². The predicted octanol–water partition coefficient (Wildman–Crippen LogP) is 2.46. The van der Waals surface area contributed by atoms with E-state index < -0.39 is 17.9 Å². The number of hydrogen-bond donors (Lipinski definition) is 1. The summed E-state index contributed by atoms with van der Waals surface area (Å²) in [5.41, 5.74) is 5.27. The molecule has 0 aliphatic rings. The van der Waals surface area contributed by atoms with Gasteiger partial charge in [-0.2, -0.15) is 28.1 Å². The third kappa shape index (κ3) is 3.38. The van der Waals surface area contributed by atoms with Gasteiger partial charge in [-0.05, 0) is 28.1 Å². The summed E-state index contributed by atoms with van der Waals surface area (Å²) in [6.45, 7) is 0.187. The van der Waals surface area contributed by atoms with Crippen LogP contribution < -0.4 is 10.6 Å². The minimum absolute atomic E-state index is 0.183. The second kappa shape index (κ2) is 5.27. The van der Waals surface area contributed by atoms with E-state index in [4.69, 9.17) is 10.2 Å². The number of aromatic nitrogens is 3. The van der Waals surface area contributed by atoms with Gasteiger partial charge < -0.3 is 15.1 Å². The van der Waals surface area contributed by atoms with Crippen molar-refractivity contribution in [1.29, 1.82) is 0 Å². The first-order chi connectivity index (χ1) is 9.25. The molecule has 2 rings (SSSR count). The number of furan rings is 1. The van der Waals surface area contributed by atoms with E-state index in [0.717, 1.165) is 0 Å². The third-order valence-corrected chi connectivity index (χ3v) is 2.68. The standard InChI is InChI=1S/C10H9BrF3N5O/c1-19(4-5-2-3-6(11)20-5)9-17-7(10(12,13)14)16-8(15)18-9/h2-3H,4H2,1H3,(H2,15,16,17,18). The van der Waals surface area contributed by atoms with Crippen molar-refractivity contribution in [3.05, 3.63) is 28.4 Å². The van der Waals surface area contributed by atoms with Gasteiger partial charge in [0.15, 0.2) is 4.67 Å². The van der Waals surface area contributed by atoms with E-state index in [0.29, 0.717) is 10.4 Å². The fourth-order valence-corrected chi connectivity index (χ4v) is 1.76. The molecule has 2 N–H and O–H groups in total. The molecule has 108 valence electrons. The van der Waals surface area contributed by atoms with Crippen LogP contribution in [0.3, 0.4) is 0 Å². The Morgan fingerprint density at radius 2 is 2.00 bits per heavy atom. The van der Waals surface area contributed by atoms with E-state index in [9.17, 15) is 13.2 Å². The highest BCUT2D eigenvalue weighted by Crippen LogP contribution is 2.27. The summed E-state index contributed by atoms with van der Waals surface area (Å²) in [5.74, 6) is -1.47. The van der Waals surface area contributed by atoms with Crippen molar-refractivity contribution in [2.75, 3.05) is 17.7 Å². The Bertz CT molecular complexity index is 615. The molecule has 0 radical (unpaired) electrons. The maximum atomic E-state index is 12.6.